The van der Waals surface area contributed by atoms with E-state index in [1.807, 2.05) is 12.1 Å². The fourth-order valence-corrected chi connectivity index (χ4v) is 1.73. The Labute approximate surface area is 113 Å². The average Bonchev–Trinajstić information content (AvgIpc) is 2.43. The number of hydrogen-bond donors (Lipinski definition) is 1. The van der Waals surface area contributed by atoms with Crippen LogP contribution in [0.25, 0.3) is 0 Å². The Morgan fingerprint density at radius 2 is 1.79 bits per heavy atom. The Bertz CT molecular complexity index is 564. The number of rotatable bonds is 4. The molecule has 3 nitrogen and oxygen atoms in total. The van der Waals surface area contributed by atoms with Gasteiger partial charge < -0.3 is 4.84 Å². The average molecular weight is 255 g/mol. The molecule has 0 aliphatic carbocycles. The smallest absolute Gasteiger partial charge is 0.356 e. The molecule has 2 aromatic carbocycles. The molecule has 0 heterocycles. The van der Waals surface area contributed by atoms with E-state index in [2.05, 4.69) is 31.5 Å². The van der Waals surface area contributed by atoms with Gasteiger partial charge in [-0.25, -0.2) is 4.79 Å². The van der Waals surface area contributed by atoms with Gasteiger partial charge in [-0.05, 0) is 42.7 Å². The predicted molar refractivity (Wildman–Crippen MR) is 74.6 cm³/mol. The van der Waals surface area contributed by atoms with Gasteiger partial charge in [0.1, 0.15) is 0 Å². The molecule has 98 valence electrons. The second-order valence-corrected chi connectivity index (χ2v) is 4.50. The van der Waals surface area contributed by atoms with Crippen molar-refractivity contribution in [3.63, 3.8) is 0 Å². The van der Waals surface area contributed by atoms with Crippen LogP contribution in [0.15, 0.2) is 48.5 Å². The lowest BCUT2D eigenvalue weighted by Crippen LogP contribution is -2.19. The maximum atomic E-state index is 11.7. The molecular weight excluding hydrogens is 238 g/mol. The predicted octanol–water partition coefficient (Wildman–Crippen LogP) is 3.17. The van der Waals surface area contributed by atoms with Gasteiger partial charge in [0.2, 0.25) is 0 Å². The number of carbonyl (C=O) groups is 1. The van der Waals surface area contributed by atoms with Crippen LogP contribution in [-0.2, 0) is 11.4 Å². The van der Waals surface area contributed by atoms with Crippen LogP contribution >= 0.6 is 0 Å². The molecule has 0 fully saturated rings. The minimum Gasteiger partial charge on any atom is -0.366 e. The number of hydrogen-bond acceptors (Lipinski definition) is 3. The van der Waals surface area contributed by atoms with E-state index in [0.717, 1.165) is 5.56 Å². The standard InChI is InChI=1S/C16H17NO2/c1-12-8-9-14(10-13(12)2)11-17-19-16(18)15-6-4-3-5-7-15/h3-10,17H,11H2,1-2H3. The van der Waals surface area contributed by atoms with E-state index in [-0.39, 0.29) is 5.97 Å². The largest absolute Gasteiger partial charge is 0.366 e. The van der Waals surface area contributed by atoms with Crippen molar-refractivity contribution in [3.8, 4) is 0 Å². The van der Waals surface area contributed by atoms with E-state index < -0.39 is 0 Å². The van der Waals surface area contributed by atoms with Crippen molar-refractivity contribution in [1.29, 1.82) is 0 Å². The van der Waals surface area contributed by atoms with Crippen molar-refractivity contribution < 1.29 is 9.63 Å². The number of hydroxylamine groups is 1. The van der Waals surface area contributed by atoms with Crippen LogP contribution in [0.1, 0.15) is 27.0 Å². The van der Waals surface area contributed by atoms with E-state index in [0.29, 0.717) is 12.1 Å². The molecule has 0 saturated heterocycles. The summed E-state index contributed by atoms with van der Waals surface area (Å²) in [4.78, 5) is 16.7. The van der Waals surface area contributed by atoms with Crippen LogP contribution in [-0.4, -0.2) is 5.97 Å². The lowest BCUT2D eigenvalue weighted by molar-refractivity contribution is 0.0237. The summed E-state index contributed by atoms with van der Waals surface area (Å²) in [6.45, 7) is 4.64. The highest BCUT2D eigenvalue weighted by atomic mass is 16.7. The normalized spacial score (nSPS) is 10.2. The van der Waals surface area contributed by atoms with Gasteiger partial charge >= 0.3 is 5.97 Å². The molecule has 1 N–H and O–H groups in total. The van der Waals surface area contributed by atoms with E-state index in [9.17, 15) is 4.79 Å². The Hall–Kier alpha value is -2.13. The van der Waals surface area contributed by atoms with Crippen molar-refractivity contribution in [2.24, 2.45) is 0 Å². The third kappa shape index (κ3) is 3.66. The first kappa shape index (κ1) is 13.3. The maximum Gasteiger partial charge on any atom is 0.356 e. The Kier molecular flexibility index (Phi) is 4.31. The minimum atomic E-state index is -0.371. The Morgan fingerprint density at radius 1 is 1.05 bits per heavy atom. The lowest BCUT2D eigenvalue weighted by Gasteiger charge is -2.07. The van der Waals surface area contributed by atoms with Crippen LogP contribution in [0.5, 0.6) is 0 Å². The van der Waals surface area contributed by atoms with Gasteiger partial charge in [0, 0.05) is 0 Å². The summed E-state index contributed by atoms with van der Waals surface area (Å²) in [7, 11) is 0. The zero-order valence-electron chi connectivity index (χ0n) is 11.1. The molecule has 0 bridgehead atoms. The summed E-state index contributed by atoms with van der Waals surface area (Å²) in [5, 5.41) is 0. The molecular formula is C16H17NO2. The van der Waals surface area contributed by atoms with Crippen molar-refractivity contribution in [3.05, 3.63) is 70.8 Å². The monoisotopic (exact) mass is 255 g/mol. The molecule has 0 radical (unpaired) electrons. The van der Waals surface area contributed by atoms with Crippen LogP contribution in [0.4, 0.5) is 0 Å². The molecule has 2 rings (SSSR count). The van der Waals surface area contributed by atoms with Gasteiger partial charge in [0.05, 0.1) is 12.1 Å². The summed E-state index contributed by atoms with van der Waals surface area (Å²) < 4.78 is 0. The summed E-state index contributed by atoms with van der Waals surface area (Å²) in [5.74, 6) is -0.371. The number of carbonyl (C=O) groups excluding carboxylic acids is 1. The van der Waals surface area contributed by atoms with Gasteiger partial charge in [-0.3, -0.25) is 0 Å². The summed E-state index contributed by atoms with van der Waals surface area (Å²) in [6, 6.07) is 15.1. The molecule has 0 unspecified atom stereocenters. The van der Waals surface area contributed by atoms with E-state index in [1.165, 1.54) is 11.1 Å². The fourth-order valence-electron chi connectivity index (χ4n) is 1.73. The molecule has 0 saturated carbocycles. The number of aryl methyl sites for hydroxylation is 2. The van der Waals surface area contributed by atoms with E-state index >= 15 is 0 Å². The zero-order valence-corrected chi connectivity index (χ0v) is 11.1. The van der Waals surface area contributed by atoms with Gasteiger partial charge in [0.25, 0.3) is 0 Å². The zero-order chi connectivity index (χ0) is 13.7. The highest BCUT2D eigenvalue weighted by molar-refractivity contribution is 5.89. The fraction of sp³-hybridized carbons (Fsp3) is 0.188. The van der Waals surface area contributed by atoms with Crippen molar-refractivity contribution in [2.45, 2.75) is 20.4 Å². The topological polar surface area (TPSA) is 38.3 Å². The first-order valence-corrected chi connectivity index (χ1v) is 6.22. The molecule has 3 heteroatoms. The molecule has 0 aliphatic rings. The highest BCUT2D eigenvalue weighted by Crippen LogP contribution is 2.09. The van der Waals surface area contributed by atoms with E-state index in [4.69, 9.17) is 4.84 Å². The van der Waals surface area contributed by atoms with Gasteiger partial charge in [0.15, 0.2) is 0 Å². The molecule has 0 atom stereocenters. The Morgan fingerprint density at radius 3 is 2.47 bits per heavy atom. The van der Waals surface area contributed by atoms with Crippen molar-refractivity contribution >= 4 is 5.97 Å². The number of nitrogens with one attached hydrogen (secondary N) is 1. The molecule has 0 amide bonds. The molecule has 19 heavy (non-hydrogen) atoms. The van der Waals surface area contributed by atoms with Gasteiger partial charge in [-0.2, -0.15) is 0 Å². The second-order valence-electron chi connectivity index (χ2n) is 4.50. The van der Waals surface area contributed by atoms with Crippen LogP contribution in [0.3, 0.4) is 0 Å². The van der Waals surface area contributed by atoms with Crippen molar-refractivity contribution in [2.75, 3.05) is 0 Å². The minimum absolute atomic E-state index is 0.371. The second kappa shape index (κ2) is 6.16. The van der Waals surface area contributed by atoms with Crippen LogP contribution < -0.4 is 5.48 Å². The summed E-state index contributed by atoms with van der Waals surface area (Å²) in [5.41, 5.74) is 6.81. The van der Waals surface area contributed by atoms with Gasteiger partial charge in [-0.1, -0.05) is 36.4 Å². The summed E-state index contributed by atoms with van der Waals surface area (Å²) >= 11 is 0. The SMILES string of the molecule is Cc1ccc(CNOC(=O)c2ccccc2)cc1C. The molecule has 0 aliphatic heterocycles. The summed E-state index contributed by atoms with van der Waals surface area (Å²) in [6.07, 6.45) is 0. The third-order valence-electron chi connectivity index (χ3n) is 3.02. The lowest BCUT2D eigenvalue weighted by atomic mass is 10.1. The molecule has 0 aromatic heterocycles. The quantitative estimate of drug-likeness (QED) is 0.853. The first-order chi connectivity index (χ1) is 9.16. The van der Waals surface area contributed by atoms with Crippen LogP contribution in [0, 0.1) is 13.8 Å². The molecule has 2 aromatic rings. The Balaban J connectivity index is 1.87. The number of benzene rings is 2. The maximum absolute atomic E-state index is 11.7. The van der Waals surface area contributed by atoms with Crippen LogP contribution in [0.2, 0.25) is 0 Å². The van der Waals surface area contributed by atoms with Crippen molar-refractivity contribution in [1.82, 2.24) is 5.48 Å². The highest BCUT2D eigenvalue weighted by Gasteiger charge is 2.05. The first-order valence-electron chi connectivity index (χ1n) is 6.22. The van der Waals surface area contributed by atoms with Gasteiger partial charge in [-0.15, -0.1) is 5.48 Å². The van der Waals surface area contributed by atoms with E-state index in [1.54, 1.807) is 24.3 Å². The third-order valence-corrected chi connectivity index (χ3v) is 3.02. The molecule has 0 spiro atoms.